The third kappa shape index (κ3) is 3.32. The van der Waals surface area contributed by atoms with Gasteiger partial charge >= 0.3 is 0 Å². The van der Waals surface area contributed by atoms with Gasteiger partial charge in [-0.15, -0.1) is 0 Å². The van der Waals surface area contributed by atoms with Gasteiger partial charge in [-0.25, -0.2) is 4.39 Å². The monoisotopic (exact) mass is 229 g/mol. The lowest BCUT2D eigenvalue weighted by Crippen LogP contribution is -2.28. The van der Waals surface area contributed by atoms with E-state index in [1.165, 1.54) is 19.1 Å². The minimum atomic E-state index is -0.705. The Morgan fingerprint density at radius 3 is 2.67 bits per heavy atom. The average molecular weight is 230 g/mol. The van der Waals surface area contributed by atoms with E-state index in [0.717, 1.165) is 6.07 Å². The van der Waals surface area contributed by atoms with Crippen molar-refractivity contribution in [2.45, 2.75) is 6.92 Å². The topological polar surface area (TPSA) is 46.2 Å². The molecule has 1 amide bonds. The lowest BCUT2D eigenvalue weighted by Gasteiger charge is -2.04. The van der Waals surface area contributed by atoms with Crippen LogP contribution in [0.15, 0.2) is 18.2 Å². The molecule has 1 rings (SSSR count). The molecule has 0 saturated carbocycles. The summed E-state index contributed by atoms with van der Waals surface area (Å²) in [6.45, 7) is 1.22. The van der Waals surface area contributed by atoms with Crippen molar-refractivity contribution in [1.29, 1.82) is 0 Å². The Labute approximate surface area is 91.2 Å². The third-order valence-corrected chi connectivity index (χ3v) is 1.91. The van der Waals surface area contributed by atoms with E-state index in [2.05, 4.69) is 5.32 Å². The molecule has 0 radical (unpaired) electrons. The van der Waals surface area contributed by atoms with Crippen LogP contribution >= 0.6 is 11.6 Å². The highest BCUT2D eigenvalue weighted by atomic mass is 35.5. The van der Waals surface area contributed by atoms with Gasteiger partial charge in [0.1, 0.15) is 11.6 Å². The second-order valence-electron chi connectivity index (χ2n) is 3.01. The van der Waals surface area contributed by atoms with Crippen molar-refractivity contribution in [1.82, 2.24) is 5.32 Å². The van der Waals surface area contributed by atoms with Crippen LogP contribution in [0.2, 0.25) is 5.02 Å². The fourth-order valence-corrected chi connectivity index (χ4v) is 1.13. The number of halogens is 2. The number of amides is 1. The molecular formula is C10H9ClFNO2. The fraction of sp³-hybridized carbons (Fsp3) is 0.200. The summed E-state index contributed by atoms with van der Waals surface area (Å²) >= 11 is 5.52. The fourth-order valence-electron chi connectivity index (χ4n) is 0.974. The first-order valence-electron chi connectivity index (χ1n) is 4.23. The van der Waals surface area contributed by atoms with E-state index >= 15 is 0 Å². The van der Waals surface area contributed by atoms with Crippen LogP contribution in [0.3, 0.4) is 0 Å². The van der Waals surface area contributed by atoms with Gasteiger partial charge in [-0.2, -0.15) is 0 Å². The molecule has 0 fully saturated rings. The molecule has 1 N–H and O–H groups in total. The summed E-state index contributed by atoms with van der Waals surface area (Å²) in [6, 6.07) is 3.73. The molecule has 0 unspecified atom stereocenters. The van der Waals surface area contributed by atoms with Crippen molar-refractivity contribution >= 4 is 23.3 Å². The number of benzene rings is 1. The molecule has 0 aliphatic rings. The van der Waals surface area contributed by atoms with Crippen molar-refractivity contribution < 1.29 is 14.0 Å². The summed E-state index contributed by atoms with van der Waals surface area (Å²) in [5.41, 5.74) is -0.124. The number of rotatable bonds is 3. The Morgan fingerprint density at radius 1 is 1.47 bits per heavy atom. The van der Waals surface area contributed by atoms with Gasteiger partial charge in [0.2, 0.25) is 0 Å². The van der Waals surface area contributed by atoms with Crippen molar-refractivity contribution in [3.8, 4) is 0 Å². The van der Waals surface area contributed by atoms with Gasteiger partial charge < -0.3 is 5.32 Å². The summed E-state index contributed by atoms with van der Waals surface area (Å²) in [6.07, 6.45) is 0. The maximum absolute atomic E-state index is 13.2. The normalized spacial score (nSPS) is 9.80. The molecule has 0 bridgehead atoms. The second kappa shape index (κ2) is 4.89. The molecule has 0 aliphatic carbocycles. The summed E-state index contributed by atoms with van der Waals surface area (Å²) < 4.78 is 13.2. The van der Waals surface area contributed by atoms with Crippen LogP contribution in [-0.4, -0.2) is 18.2 Å². The molecule has 3 nitrogen and oxygen atoms in total. The quantitative estimate of drug-likeness (QED) is 0.859. The van der Waals surface area contributed by atoms with E-state index in [9.17, 15) is 14.0 Å². The Kier molecular flexibility index (Phi) is 3.80. The molecule has 1 aromatic rings. The van der Waals surface area contributed by atoms with Gasteiger partial charge in [0, 0.05) is 5.02 Å². The van der Waals surface area contributed by atoms with Crippen LogP contribution < -0.4 is 5.32 Å². The van der Waals surface area contributed by atoms with Crippen LogP contribution in [0, 0.1) is 5.82 Å². The standard InChI is InChI=1S/C10H9ClFNO2/c1-6(14)5-13-10(15)8-3-2-7(11)4-9(8)12/h2-4H,5H2,1H3,(H,13,15). The number of hydrogen-bond donors (Lipinski definition) is 1. The zero-order chi connectivity index (χ0) is 11.4. The van der Waals surface area contributed by atoms with Crippen molar-refractivity contribution in [2.75, 3.05) is 6.54 Å². The maximum Gasteiger partial charge on any atom is 0.254 e. The van der Waals surface area contributed by atoms with E-state index in [-0.39, 0.29) is 22.9 Å². The van der Waals surface area contributed by atoms with Gasteiger partial charge in [-0.1, -0.05) is 11.6 Å². The van der Waals surface area contributed by atoms with Gasteiger partial charge in [0.05, 0.1) is 12.1 Å². The van der Waals surface area contributed by atoms with E-state index in [0.29, 0.717) is 0 Å². The van der Waals surface area contributed by atoms with Crippen molar-refractivity contribution in [3.63, 3.8) is 0 Å². The Hall–Kier alpha value is -1.42. The second-order valence-corrected chi connectivity index (χ2v) is 3.45. The molecule has 1 aromatic carbocycles. The molecule has 15 heavy (non-hydrogen) atoms. The highest BCUT2D eigenvalue weighted by Crippen LogP contribution is 2.14. The first-order chi connectivity index (χ1) is 7.00. The average Bonchev–Trinajstić information content (AvgIpc) is 2.14. The van der Waals surface area contributed by atoms with Crippen molar-refractivity contribution in [2.24, 2.45) is 0 Å². The van der Waals surface area contributed by atoms with Crippen LogP contribution in [-0.2, 0) is 4.79 Å². The van der Waals surface area contributed by atoms with E-state index in [1.807, 2.05) is 0 Å². The molecule has 0 heterocycles. The van der Waals surface area contributed by atoms with E-state index in [1.54, 1.807) is 0 Å². The molecular weight excluding hydrogens is 221 g/mol. The highest BCUT2D eigenvalue weighted by molar-refractivity contribution is 6.30. The first kappa shape index (κ1) is 11.7. The van der Waals surface area contributed by atoms with Crippen LogP contribution in [0.5, 0.6) is 0 Å². The van der Waals surface area contributed by atoms with Crippen LogP contribution in [0.25, 0.3) is 0 Å². The largest absolute Gasteiger partial charge is 0.345 e. The van der Waals surface area contributed by atoms with E-state index < -0.39 is 11.7 Å². The lowest BCUT2D eigenvalue weighted by molar-refractivity contribution is -0.116. The lowest BCUT2D eigenvalue weighted by atomic mass is 10.2. The van der Waals surface area contributed by atoms with Gasteiger partial charge in [-0.05, 0) is 25.1 Å². The summed E-state index contributed by atoms with van der Waals surface area (Å²) in [5.74, 6) is -1.53. The maximum atomic E-state index is 13.2. The molecule has 80 valence electrons. The smallest absolute Gasteiger partial charge is 0.254 e. The van der Waals surface area contributed by atoms with Gasteiger partial charge in [0.25, 0.3) is 5.91 Å². The Bertz CT molecular complexity index is 406. The first-order valence-corrected chi connectivity index (χ1v) is 4.61. The van der Waals surface area contributed by atoms with Crippen LogP contribution in [0.4, 0.5) is 4.39 Å². The molecule has 0 spiro atoms. The Balaban J connectivity index is 2.78. The minimum Gasteiger partial charge on any atom is -0.345 e. The summed E-state index contributed by atoms with van der Waals surface area (Å²) in [5, 5.41) is 2.51. The Morgan fingerprint density at radius 2 is 2.13 bits per heavy atom. The number of carbonyl (C=O) groups excluding carboxylic acids is 2. The van der Waals surface area contributed by atoms with Gasteiger partial charge in [-0.3, -0.25) is 9.59 Å². The van der Waals surface area contributed by atoms with E-state index in [4.69, 9.17) is 11.6 Å². The highest BCUT2D eigenvalue weighted by Gasteiger charge is 2.11. The predicted molar refractivity (Wildman–Crippen MR) is 54.4 cm³/mol. The van der Waals surface area contributed by atoms with Crippen molar-refractivity contribution in [3.05, 3.63) is 34.6 Å². The van der Waals surface area contributed by atoms with Crippen LogP contribution in [0.1, 0.15) is 17.3 Å². The number of nitrogens with one attached hydrogen (secondary N) is 1. The molecule has 0 aliphatic heterocycles. The molecule has 5 heteroatoms. The molecule has 0 atom stereocenters. The molecule has 0 aromatic heterocycles. The zero-order valence-corrected chi connectivity index (χ0v) is 8.77. The predicted octanol–water partition coefficient (Wildman–Crippen LogP) is 1.80. The summed E-state index contributed by atoms with van der Waals surface area (Å²) in [4.78, 5) is 21.9. The van der Waals surface area contributed by atoms with Gasteiger partial charge in [0.15, 0.2) is 0 Å². The molecule has 0 saturated heterocycles. The number of ketones is 1. The third-order valence-electron chi connectivity index (χ3n) is 1.67. The zero-order valence-electron chi connectivity index (χ0n) is 8.01. The number of Topliss-reactive ketones (excluding diaryl/α,β-unsaturated/α-hetero) is 1. The minimum absolute atomic E-state index is 0.110. The number of carbonyl (C=O) groups is 2. The summed E-state index contributed by atoms with van der Waals surface area (Å²) in [7, 11) is 0. The number of hydrogen-bond acceptors (Lipinski definition) is 2. The SMILES string of the molecule is CC(=O)CNC(=O)c1ccc(Cl)cc1F.